The first kappa shape index (κ1) is 66.8. The van der Waals surface area contributed by atoms with Crippen LogP contribution in [0.4, 0.5) is 11.4 Å². The van der Waals surface area contributed by atoms with E-state index in [1.165, 1.54) is 60.7 Å². The van der Waals surface area contributed by atoms with Gasteiger partial charge in [-0.15, -0.1) is 0 Å². The SMILES string of the molecule is CCCCCOc1ccc(OC(=O)/C=C/c2ccc(OCCCCCCOC(=O)C(Cc3ccc([N+](=O)[O-])cc3)(Cc3ccc([N+](=O)[O-])cc3)C(=O)OCCCCCCOc3ccc(/C=C/C(=O)Oc4ccc(OCCCCC)cc4)cc3)cc2)cc1. The molecule has 18 nitrogen and oxygen atoms in total. The van der Waals surface area contributed by atoms with Gasteiger partial charge in [0.2, 0.25) is 0 Å². The minimum atomic E-state index is -1.96. The van der Waals surface area contributed by atoms with E-state index >= 15 is 0 Å². The second-order valence-electron chi connectivity index (χ2n) is 20.8. The largest absolute Gasteiger partial charge is 0.494 e. The van der Waals surface area contributed by atoms with Gasteiger partial charge in [0.15, 0.2) is 5.41 Å². The summed E-state index contributed by atoms with van der Waals surface area (Å²) in [6.45, 7) is 6.40. The minimum Gasteiger partial charge on any atom is -0.494 e. The molecule has 460 valence electrons. The van der Waals surface area contributed by atoms with Gasteiger partial charge in [0.1, 0.15) is 34.5 Å². The molecule has 0 fully saturated rings. The predicted molar refractivity (Wildman–Crippen MR) is 331 cm³/mol. The van der Waals surface area contributed by atoms with Crippen molar-refractivity contribution in [1.82, 2.24) is 0 Å². The van der Waals surface area contributed by atoms with Crippen LogP contribution in [0.5, 0.6) is 34.5 Å². The van der Waals surface area contributed by atoms with Gasteiger partial charge in [0.05, 0.1) is 49.5 Å². The number of nitro benzene ring substituents is 2. The Hall–Kier alpha value is -9.32. The highest BCUT2D eigenvalue weighted by molar-refractivity contribution is 6.01. The number of esters is 4. The topological polar surface area (TPSA) is 228 Å². The van der Waals surface area contributed by atoms with E-state index in [1.807, 2.05) is 48.5 Å². The summed E-state index contributed by atoms with van der Waals surface area (Å²) in [5.74, 6) is 0.876. The molecule has 6 aromatic carbocycles. The van der Waals surface area contributed by atoms with Gasteiger partial charge in [0, 0.05) is 36.4 Å². The zero-order valence-electron chi connectivity index (χ0n) is 49.6. The number of ether oxygens (including phenoxy) is 8. The number of nitrogens with zero attached hydrogens (tertiary/aromatic N) is 2. The van der Waals surface area contributed by atoms with Crippen molar-refractivity contribution in [2.75, 3.05) is 39.6 Å². The van der Waals surface area contributed by atoms with Crippen LogP contribution >= 0.6 is 0 Å². The molecule has 0 unspecified atom stereocenters. The lowest BCUT2D eigenvalue weighted by Crippen LogP contribution is -2.46. The molecule has 0 radical (unpaired) electrons. The van der Waals surface area contributed by atoms with Crippen LogP contribution in [0.2, 0.25) is 0 Å². The molecule has 0 amide bonds. The molecule has 0 heterocycles. The normalized spacial score (nSPS) is 11.2. The number of rotatable bonds is 40. The molecular weight excluding hydrogens is 1110 g/mol. The van der Waals surface area contributed by atoms with Crippen LogP contribution in [-0.4, -0.2) is 73.4 Å². The number of benzene rings is 6. The van der Waals surface area contributed by atoms with Crippen LogP contribution in [0, 0.1) is 25.6 Å². The smallest absolute Gasteiger partial charge is 0.336 e. The Balaban J connectivity index is 0.943. The lowest BCUT2D eigenvalue weighted by atomic mass is 9.76. The zero-order chi connectivity index (χ0) is 61.9. The fourth-order valence-electron chi connectivity index (χ4n) is 8.98. The van der Waals surface area contributed by atoms with E-state index in [4.69, 9.17) is 37.9 Å². The molecule has 0 atom stereocenters. The van der Waals surface area contributed by atoms with Crippen molar-refractivity contribution in [2.45, 2.75) is 117 Å². The van der Waals surface area contributed by atoms with Gasteiger partial charge < -0.3 is 37.9 Å². The highest BCUT2D eigenvalue weighted by Gasteiger charge is 2.49. The van der Waals surface area contributed by atoms with Crippen LogP contribution in [0.1, 0.15) is 126 Å². The summed E-state index contributed by atoms with van der Waals surface area (Å²) in [5.41, 5.74) is 0.154. The third-order valence-corrected chi connectivity index (χ3v) is 13.9. The lowest BCUT2D eigenvalue weighted by molar-refractivity contribution is -0.385. The van der Waals surface area contributed by atoms with Crippen molar-refractivity contribution in [3.63, 3.8) is 0 Å². The van der Waals surface area contributed by atoms with Crippen LogP contribution < -0.4 is 28.4 Å². The molecule has 18 heteroatoms. The summed E-state index contributed by atoms with van der Waals surface area (Å²) >= 11 is 0. The standard InChI is InChI=1S/C69H78N2O16/c1-3-5-11-45-80-61-35-39-63(40-36-61)86-65(72)43-25-53-21-31-59(32-22-53)82-47-13-7-9-15-49-84-67(74)69(51-55-17-27-57(28-18-55)70(76)77,52-56-19-29-58(30-20-56)71(78)79)68(75)85-50-16-10-8-14-48-83-60-33-23-54(24-34-60)26-44-66(73)87-64-41-37-62(38-42-64)81-46-12-6-4-2/h17-44H,3-16,45-52H2,1-2H3/b43-25+,44-26+. The Labute approximate surface area is 508 Å². The molecular formula is C69H78N2O16. The van der Waals surface area contributed by atoms with E-state index in [9.17, 15) is 39.4 Å². The molecule has 0 spiro atoms. The van der Waals surface area contributed by atoms with Gasteiger partial charge >= 0.3 is 23.9 Å². The molecule has 6 aromatic rings. The molecule has 0 saturated carbocycles. The second-order valence-corrected chi connectivity index (χ2v) is 20.8. The molecule has 0 aliphatic heterocycles. The minimum absolute atomic E-state index is 0.00980. The first-order chi connectivity index (χ1) is 42.3. The van der Waals surface area contributed by atoms with E-state index in [2.05, 4.69) is 13.8 Å². The van der Waals surface area contributed by atoms with Crippen LogP contribution in [0.15, 0.2) is 158 Å². The van der Waals surface area contributed by atoms with Gasteiger partial charge in [-0.1, -0.05) is 88.1 Å². The summed E-state index contributed by atoms with van der Waals surface area (Å²) in [5, 5.41) is 23.1. The molecule has 0 aliphatic rings. The first-order valence-electron chi connectivity index (χ1n) is 29.8. The highest BCUT2D eigenvalue weighted by Crippen LogP contribution is 2.34. The van der Waals surface area contributed by atoms with Crippen molar-refractivity contribution < 1.29 is 66.9 Å². The lowest BCUT2D eigenvalue weighted by Gasteiger charge is -2.30. The van der Waals surface area contributed by atoms with Crippen LogP contribution in [0.3, 0.4) is 0 Å². The maximum absolute atomic E-state index is 14.5. The Kier molecular flexibility index (Phi) is 28.6. The first-order valence-corrected chi connectivity index (χ1v) is 29.8. The van der Waals surface area contributed by atoms with Gasteiger partial charge in [-0.25, -0.2) is 9.59 Å². The fourth-order valence-corrected chi connectivity index (χ4v) is 8.98. The monoisotopic (exact) mass is 1190 g/mol. The van der Waals surface area contributed by atoms with E-state index in [1.54, 1.807) is 60.7 Å². The van der Waals surface area contributed by atoms with Crippen molar-refractivity contribution >= 4 is 47.4 Å². The summed E-state index contributed by atoms with van der Waals surface area (Å²) in [6.07, 6.45) is 17.2. The maximum Gasteiger partial charge on any atom is 0.336 e. The average molecular weight is 1190 g/mol. The number of carbonyl (C=O) groups is 4. The summed E-state index contributed by atoms with van der Waals surface area (Å²) in [6, 6.07) is 39.5. The van der Waals surface area contributed by atoms with Crippen LogP contribution in [0.25, 0.3) is 12.2 Å². The Morgan fingerprint density at radius 3 is 0.977 bits per heavy atom. The molecule has 0 N–H and O–H groups in total. The fraction of sp³-hybridized carbons (Fsp3) is 0.362. The van der Waals surface area contributed by atoms with Gasteiger partial charge in [-0.2, -0.15) is 0 Å². The Morgan fingerprint density at radius 2 is 0.667 bits per heavy atom. The van der Waals surface area contributed by atoms with E-state index in [0.29, 0.717) is 99.1 Å². The van der Waals surface area contributed by atoms with Crippen molar-refractivity contribution in [3.05, 3.63) is 200 Å². The number of nitro groups is 2. The Morgan fingerprint density at radius 1 is 0.379 bits per heavy atom. The van der Waals surface area contributed by atoms with E-state index in [0.717, 1.165) is 74.0 Å². The molecule has 87 heavy (non-hydrogen) atoms. The van der Waals surface area contributed by atoms with E-state index < -0.39 is 39.1 Å². The quantitative estimate of drug-likeness (QED) is 0.00662. The van der Waals surface area contributed by atoms with Crippen molar-refractivity contribution in [2.24, 2.45) is 5.41 Å². The van der Waals surface area contributed by atoms with Gasteiger partial charge in [-0.3, -0.25) is 29.8 Å². The molecule has 0 aromatic heterocycles. The Bertz CT molecular complexity index is 2910. The third-order valence-electron chi connectivity index (χ3n) is 13.9. The maximum atomic E-state index is 14.5. The highest BCUT2D eigenvalue weighted by atomic mass is 16.6. The number of unbranched alkanes of at least 4 members (excludes halogenated alkanes) is 10. The van der Waals surface area contributed by atoms with Crippen molar-refractivity contribution in [3.8, 4) is 34.5 Å². The number of carbonyl (C=O) groups excluding carboxylic acids is 4. The average Bonchev–Trinajstić information content (AvgIpc) is 2.34. The third kappa shape index (κ3) is 24.3. The van der Waals surface area contributed by atoms with Crippen LogP contribution in [-0.2, 0) is 41.5 Å². The second kappa shape index (κ2) is 37.2. The zero-order valence-corrected chi connectivity index (χ0v) is 49.6. The summed E-state index contributed by atoms with van der Waals surface area (Å²) < 4.78 is 45.9. The number of hydrogen-bond donors (Lipinski definition) is 0. The molecule has 0 saturated heterocycles. The number of non-ortho nitro benzene ring substituents is 2. The number of hydrogen-bond acceptors (Lipinski definition) is 16. The predicted octanol–water partition coefficient (Wildman–Crippen LogP) is 15.0. The summed E-state index contributed by atoms with van der Waals surface area (Å²) in [7, 11) is 0. The molecule has 0 aliphatic carbocycles. The van der Waals surface area contributed by atoms with Gasteiger partial charge in [0.25, 0.3) is 11.4 Å². The molecule has 6 rings (SSSR count). The van der Waals surface area contributed by atoms with Crippen molar-refractivity contribution in [1.29, 1.82) is 0 Å². The molecule has 0 bridgehead atoms. The summed E-state index contributed by atoms with van der Waals surface area (Å²) in [4.78, 5) is 75.8. The van der Waals surface area contributed by atoms with Gasteiger partial charge in [-0.05, 0) is 184 Å². The van der Waals surface area contributed by atoms with E-state index in [-0.39, 0.29) is 37.4 Å².